The number of hydrogen-bond acceptors (Lipinski definition) is 1. The molecule has 0 saturated heterocycles. The van der Waals surface area contributed by atoms with Gasteiger partial charge in [0.15, 0.2) is 0 Å². The second-order valence-corrected chi connectivity index (χ2v) is 16.9. The first-order valence-corrected chi connectivity index (χ1v) is 21.8. The number of para-hydroxylation sites is 4. The van der Waals surface area contributed by atoms with E-state index in [2.05, 4.69) is 238 Å². The van der Waals surface area contributed by atoms with E-state index >= 15 is 0 Å². The molecule has 3 heterocycles. The van der Waals surface area contributed by atoms with Gasteiger partial charge in [0.1, 0.15) is 0 Å². The maximum absolute atomic E-state index is 2.46. The molecule has 0 saturated carbocycles. The fraction of sp³-hybridized carbons (Fsp3) is 0. The molecule has 0 atom stereocenters. The van der Waals surface area contributed by atoms with Crippen LogP contribution in [0, 0.1) is 0 Å². The topological polar surface area (TPSA) is 12.6 Å². The molecule has 14 rings (SSSR count). The summed E-state index contributed by atoms with van der Waals surface area (Å²) in [5.41, 5.74) is 13.1. The molecule has 0 aliphatic carbocycles. The molecule has 0 radical (unpaired) electrons. The zero-order valence-electron chi connectivity index (χ0n) is 34.2. The van der Waals surface area contributed by atoms with Crippen molar-refractivity contribution >= 4 is 109 Å². The molecule has 0 unspecified atom stereocenters. The quantitative estimate of drug-likeness (QED) is 0.158. The van der Waals surface area contributed by atoms with E-state index in [1.54, 1.807) is 0 Å². The van der Waals surface area contributed by atoms with E-state index in [1.807, 2.05) is 0 Å². The predicted molar refractivity (Wildman–Crippen MR) is 268 cm³/mol. The van der Waals surface area contributed by atoms with Gasteiger partial charge in [0.25, 0.3) is 0 Å². The summed E-state index contributed by atoms with van der Waals surface area (Å²) in [6.07, 6.45) is 0. The Morgan fingerprint density at radius 2 is 0.698 bits per heavy atom. The number of rotatable bonds is 5. The average Bonchev–Trinajstić information content (AvgIpc) is 4.00. The van der Waals surface area contributed by atoms with Crippen LogP contribution in [0.15, 0.2) is 224 Å². The molecule has 0 aliphatic rings. The Balaban J connectivity index is 0.963. The minimum atomic E-state index is 1.10. The van der Waals surface area contributed by atoms with E-state index in [-0.39, 0.29) is 0 Å². The van der Waals surface area contributed by atoms with Gasteiger partial charge in [-0.15, -0.1) is 0 Å². The van der Waals surface area contributed by atoms with Crippen LogP contribution in [0.3, 0.4) is 0 Å². The van der Waals surface area contributed by atoms with Crippen molar-refractivity contribution in [2.24, 2.45) is 0 Å². The van der Waals surface area contributed by atoms with E-state index in [1.165, 1.54) is 109 Å². The Morgan fingerprint density at radius 1 is 0.254 bits per heavy atom. The fourth-order valence-electron chi connectivity index (χ4n) is 10.9. The largest absolute Gasteiger partial charge is 0.310 e. The van der Waals surface area contributed by atoms with Gasteiger partial charge in [0.2, 0.25) is 0 Å². The summed E-state index contributed by atoms with van der Waals surface area (Å²) in [5, 5.41) is 15.2. The first kappa shape index (κ1) is 34.3. The third-order valence-corrected chi connectivity index (χ3v) is 13.6. The minimum absolute atomic E-state index is 1.10. The molecule has 0 amide bonds. The van der Waals surface area contributed by atoms with Crippen LogP contribution in [-0.2, 0) is 0 Å². The summed E-state index contributed by atoms with van der Waals surface area (Å²) in [6, 6.07) is 82.8. The third kappa shape index (κ3) is 4.90. The van der Waals surface area contributed by atoms with Gasteiger partial charge in [0.05, 0.1) is 27.6 Å². The Labute approximate surface area is 362 Å². The van der Waals surface area contributed by atoms with Gasteiger partial charge < -0.3 is 13.9 Å². The standard InChI is InChI=1S/C60H37N3/c1-2-13-40(14-3-1)62-56-23-10-9-20-50(56)54-35-39(27-33-58(54)62)38-25-28-41(29-26-38)61(42-30-32-48-46-17-5-4-15-44(46)45-16-6-7-18-47(45)53(48)36-42)43-31-34-59-55(37-43)52-22-12-21-51-49-19-8-11-24-57(49)63(59)60(51)52/h1-37H. The summed E-state index contributed by atoms with van der Waals surface area (Å²) in [4.78, 5) is 2.44. The number of hydrogen-bond donors (Lipinski definition) is 0. The number of anilines is 3. The molecule has 3 aromatic heterocycles. The van der Waals surface area contributed by atoms with Crippen molar-refractivity contribution in [3.8, 4) is 16.8 Å². The van der Waals surface area contributed by atoms with Crippen molar-refractivity contribution in [2.75, 3.05) is 4.90 Å². The molecule has 0 fully saturated rings. The van der Waals surface area contributed by atoms with Crippen LogP contribution in [0.2, 0.25) is 0 Å². The number of fused-ring (bicyclic) bond motifs is 15. The summed E-state index contributed by atoms with van der Waals surface area (Å²) < 4.78 is 4.83. The summed E-state index contributed by atoms with van der Waals surface area (Å²) in [5.74, 6) is 0. The lowest BCUT2D eigenvalue weighted by Crippen LogP contribution is -2.10. The summed E-state index contributed by atoms with van der Waals surface area (Å²) in [6.45, 7) is 0. The van der Waals surface area contributed by atoms with Gasteiger partial charge in [-0.05, 0) is 122 Å². The van der Waals surface area contributed by atoms with Gasteiger partial charge in [-0.3, -0.25) is 0 Å². The highest BCUT2D eigenvalue weighted by atomic mass is 15.1. The molecule has 0 N–H and O–H groups in total. The van der Waals surface area contributed by atoms with Gasteiger partial charge in [-0.25, -0.2) is 0 Å². The molecule has 0 spiro atoms. The van der Waals surface area contributed by atoms with E-state index in [0.29, 0.717) is 0 Å². The highest BCUT2D eigenvalue weighted by Gasteiger charge is 2.21. The van der Waals surface area contributed by atoms with Crippen molar-refractivity contribution in [1.29, 1.82) is 0 Å². The van der Waals surface area contributed by atoms with Crippen LogP contribution in [-0.4, -0.2) is 8.97 Å². The molecule has 0 aliphatic heterocycles. The minimum Gasteiger partial charge on any atom is -0.310 e. The third-order valence-electron chi connectivity index (χ3n) is 13.6. The number of aromatic nitrogens is 2. The lowest BCUT2D eigenvalue weighted by molar-refractivity contribution is 1.18. The predicted octanol–water partition coefficient (Wildman–Crippen LogP) is 16.5. The smallest absolute Gasteiger partial charge is 0.0620 e. The monoisotopic (exact) mass is 799 g/mol. The average molecular weight is 800 g/mol. The van der Waals surface area contributed by atoms with Crippen molar-refractivity contribution in [3.63, 3.8) is 0 Å². The van der Waals surface area contributed by atoms with Crippen LogP contribution in [0.25, 0.3) is 109 Å². The number of benzene rings is 11. The van der Waals surface area contributed by atoms with Crippen molar-refractivity contribution in [1.82, 2.24) is 8.97 Å². The summed E-state index contributed by atoms with van der Waals surface area (Å²) in [7, 11) is 0. The lowest BCUT2D eigenvalue weighted by atomic mass is 9.94. The van der Waals surface area contributed by atoms with Gasteiger partial charge in [-0.2, -0.15) is 0 Å². The van der Waals surface area contributed by atoms with E-state index < -0.39 is 0 Å². The van der Waals surface area contributed by atoms with E-state index in [4.69, 9.17) is 0 Å². The molecular formula is C60H37N3. The summed E-state index contributed by atoms with van der Waals surface area (Å²) >= 11 is 0. The Hall–Kier alpha value is -8.40. The first-order chi connectivity index (χ1) is 31.3. The van der Waals surface area contributed by atoms with Gasteiger partial charge in [-0.1, -0.05) is 146 Å². The normalized spacial score (nSPS) is 12.1. The fourth-order valence-corrected chi connectivity index (χ4v) is 10.9. The Bertz CT molecular complexity index is 4100. The lowest BCUT2D eigenvalue weighted by Gasteiger charge is -2.26. The second kappa shape index (κ2) is 13.1. The highest BCUT2D eigenvalue weighted by Crippen LogP contribution is 2.45. The van der Waals surface area contributed by atoms with Crippen molar-refractivity contribution in [3.05, 3.63) is 224 Å². The molecule has 14 aromatic rings. The van der Waals surface area contributed by atoms with Crippen LogP contribution < -0.4 is 4.90 Å². The van der Waals surface area contributed by atoms with E-state index in [9.17, 15) is 0 Å². The molecular weight excluding hydrogens is 763 g/mol. The maximum Gasteiger partial charge on any atom is 0.0620 e. The van der Waals surface area contributed by atoms with Crippen LogP contribution in [0.4, 0.5) is 17.1 Å². The second-order valence-electron chi connectivity index (χ2n) is 16.9. The molecule has 3 nitrogen and oxygen atoms in total. The van der Waals surface area contributed by atoms with Crippen LogP contribution in [0.5, 0.6) is 0 Å². The highest BCUT2D eigenvalue weighted by molar-refractivity contribution is 6.26. The van der Waals surface area contributed by atoms with Gasteiger partial charge >= 0.3 is 0 Å². The maximum atomic E-state index is 2.46. The molecule has 292 valence electrons. The van der Waals surface area contributed by atoms with Crippen LogP contribution >= 0.6 is 0 Å². The van der Waals surface area contributed by atoms with E-state index in [0.717, 1.165) is 17.1 Å². The van der Waals surface area contributed by atoms with Gasteiger partial charge in [0, 0.05) is 55.1 Å². The number of nitrogens with zero attached hydrogens (tertiary/aromatic N) is 3. The molecule has 63 heavy (non-hydrogen) atoms. The SMILES string of the molecule is c1ccc(-n2c3ccccc3c3cc(-c4ccc(N(c5ccc6c7ccccc7c7ccccc7c6c5)c5ccc6c(c5)c5cccc7c8ccccc8n6c75)cc4)ccc32)cc1. The van der Waals surface area contributed by atoms with Crippen molar-refractivity contribution < 1.29 is 0 Å². The molecule has 0 bridgehead atoms. The van der Waals surface area contributed by atoms with Crippen LogP contribution in [0.1, 0.15) is 0 Å². The first-order valence-electron chi connectivity index (χ1n) is 21.8. The Morgan fingerprint density at radius 3 is 1.41 bits per heavy atom. The zero-order chi connectivity index (χ0) is 41.2. The Kier molecular flexibility index (Phi) is 7.11. The molecule has 11 aromatic carbocycles. The molecule has 3 heteroatoms. The zero-order valence-corrected chi connectivity index (χ0v) is 34.2. The van der Waals surface area contributed by atoms with Crippen molar-refractivity contribution in [2.45, 2.75) is 0 Å².